The van der Waals surface area contributed by atoms with E-state index >= 15 is 0 Å². The van der Waals surface area contributed by atoms with Gasteiger partial charge in [-0.2, -0.15) is 26.7 Å². The molecule has 0 saturated carbocycles. The zero-order valence-corrected chi connectivity index (χ0v) is 14.0. The van der Waals surface area contributed by atoms with Crippen LogP contribution in [0.5, 0.6) is 6.01 Å². The molecule has 0 aromatic carbocycles. The summed E-state index contributed by atoms with van der Waals surface area (Å²) in [5, 5.41) is 16.3. The zero-order valence-electron chi connectivity index (χ0n) is 13.1. The number of aromatic nitrogens is 3. The first-order chi connectivity index (χ1) is 10.0. The predicted octanol–water partition coefficient (Wildman–Crippen LogP) is 1.62. The average molecular weight is 315 g/mol. The summed E-state index contributed by atoms with van der Waals surface area (Å²) < 4.78 is 5.34. The summed E-state index contributed by atoms with van der Waals surface area (Å²) in [5.41, 5.74) is -0.825. The summed E-state index contributed by atoms with van der Waals surface area (Å²) in [6.07, 6.45) is 2.93. The number of hydrogen-bond donors (Lipinski definition) is 3. The van der Waals surface area contributed by atoms with Crippen LogP contribution in [0.1, 0.15) is 27.2 Å². The Morgan fingerprint density at radius 3 is 2.43 bits per heavy atom. The van der Waals surface area contributed by atoms with E-state index in [1.807, 2.05) is 13.2 Å². The van der Waals surface area contributed by atoms with E-state index in [0.717, 1.165) is 13.0 Å². The van der Waals surface area contributed by atoms with Gasteiger partial charge in [0.25, 0.3) is 0 Å². The number of aliphatic hydroxyl groups is 1. The molecule has 0 aliphatic heterocycles. The highest BCUT2D eigenvalue weighted by Gasteiger charge is 2.20. The molecule has 1 unspecified atom stereocenters. The molecule has 1 aromatic heterocycles. The van der Waals surface area contributed by atoms with Gasteiger partial charge in [-0.1, -0.05) is 6.92 Å². The maximum atomic E-state index is 10.2. The lowest BCUT2D eigenvalue weighted by Gasteiger charge is -2.22. The standard InChI is InChI=1S/C13H25N5O2S/c1-5-7-14-10-16-11(18-12(17-10)20-6-2)15-8-13(3,19)9-21-4/h19H,5-9H2,1-4H3,(H2,14,15,16,17,18). The van der Waals surface area contributed by atoms with Crippen molar-refractivity contribution >= 4 is 23.7 Å². The van der Waals surface area contributed by atoms with Crippen molar-refractivity contribution in [1.29, 1.82) is 0 Å². The van der Waals surface area contributed by atoms with E-state index in [1.54, 1.807) is 18.7 Å². The van der Waals surface area contributed by atoms with Crippen molar-refractivity contribution in [3.63, 3.8) is 0 Å². The first-order valence-corrected chi connectivity index (χ1v) is 8.48. The number of anilines is 2. The predicted molar refractivity (Wildman–Crippen MR) is 87.3 cm³/mol. The van der Waals surface area contributed by atoms with E-state index in [9.17, 15) is 5.11 Å². The van der Waals surface area contributed by atoms with E-state index in [2.05, 4.69) is 32.5 Å². The normalized spacial score (nSPS) is 13.6. The summed E-state index contributed by atoms with van der Waals surface area (Å²) in [6.45, 7) is 7.34. The van der Waals surface area contributed by atoms with Gasteiger partial charge in [0.05, 0.1) is 12.2 Å². The quantitative estimate of drug-likeness (QED) is 0.600. The van der Waals surface area contributed by atoms with Crippen LogP contribution < -0.4 is 15.4 Å². The van der Waals surface area contributed by atoms with Crippen molar-refractivity contribution < 1.29 is 9.84 Å². The molecule has 1 aromatic rings. The third kappa shape index (κ3) is 6.81. The highest BCUT2D eigenvalue weighted by atomic mass is 32.2. The van der Waals surface area contributed by atoms with Crippen LogP contribution in [0.4, 0.5) is 11.9 Å². The number of hydrogen-bond acceptors (Lipinski definition) is 8. The fraction of sp³-hybridized carbons (Fsp3) is 0.769. The largest absolute Gasteiger partial charge is 0.464 e. The molecule has 120 valence electrons. The second-order valence-electron chi connectivity index (χ2n) is 4.91. The van der Waals surface area contributed by atoms with E-state index < -0.39 is 5.60 Å². The minimum absolute atomic E-state index is 0.276. The Balaban J connectivity index is 2.77. The van der Waals surface area contributed by atoms with Crippen molar-refractivity contribution in [3.8, 4) is 6.01 Å². The molecule has 0 spiro atoms. The fourth-order valence-electron chi connectivity index (χ4n) is 1.58. The molecule has 3 N–H and O–H groups in total. The summed E-state index contributed by atoms with van der Waals surface area (Å²) in [4.78, 5) is 12.6. The highest BCUT2D eigenvalue weighted by molar-refractivity contribution is 7.98. The van der Waals surface area contributed by atoms with Crippen LogP contribution in [0.15, 0.2) is 0 Å². The van der Waals surface area contributed by atoms with Crippen LogP contribution in [0.3, 0.4) is 0 Å². The Bertz CT molecular complexity index is 431. The minimum atomic E-state index is -0.825. The SMILES string of the molecule is CCCNc1nc(NCC(C)(O)CSC)nc(OCC)n1. The molecule has 0 aliphatic rings. The molecule has 21 heavy (non-hydrogen) atoms. The van der Waals surface area contributed by atoms with E-state index in [0.29, 0.717) is 30.8 Å². The van der Waals surface area contributed by atoms with Gasteiger partial charge in [-0.3, -0.25) is 0 Å². The summed E-state index contributed by atoms with van der Waals surface area (Å²) >= 11 is 1.59. The van der Waals surface area contributed by atoms with Gasteiger partial charge in [0.15, 0.2) is 0 Å². The lowest BCUT2D eigenvalue weighted by atomic mass is 10.1. The monoisotopic (exact) mass is 315 g/mol. The molecular formula is C13H25N5O2S. The first-order valence-electron chi connectivity index (χ1n) is 7.08. The van der Waals surface area contributed by atoms with Gasteiger partial charge >= 0.3 is 6.01 Å². The Kier molecular flexibility index (Phi) is 7.52. The topological polar surface area (TPSA) is 92.2 Å². The molecule has 8 heteroatoms. The van der Waals surface area contributed by atoms with Gasteiger partial charge in [0, 0.05) is 18.8 Å². The fourth-order valence-corrected chi connectivity index (χ4v) is 2.30. The number of nitrogens with zero attached hydrogens (tertiary/aromatic N) is 3. The van der Waals surface area contributed by atoms with Gasteiger partial charge in [0.1, 0.15) is 0 Å². The van der Waals surface area contributed by atoms with Crippen LogP contribution in [0.25, 0.3) is 0 Å². The van der Waals surface area contributed by atoms with Gasteiger partial charge in [0.2, 0.25) is 11.9 Å². The number of nitrogens with one attached hydrogen (secondary N) is 2. The van der Waals surface area contributed by atoms with Crippen LogP contribution in [0, 0.1) is 0 Å². The van der Waals surface area contributed by atoms with Crippen molar-refractivity contribution in [2.45, 2.75) is 32.8 Å². The molecule has 1 atom stereocenters. The van der Waals surface area contributed by atoms with E-state index in [-0.39, 0.29) is 6.01 Å². The number of rotatable bonds is 10. The molecule has 0 saturated heterocycles. The lowest BCUT2D eigenvalue weighted by molar-refractivity contribution is 0.0995. The first kappa shape index (κ1) is 17.8. The Morgan fingerprint density at radius 1 is 1.19 bits per heavy atom. The summed E-state index contributed by atoms with van der Waals surface area (Å²) in [7, 11) is 0. The summed E-state index contributed by atoms with van der Waals surface area (Å²) in [6, 6.07) is 0.276. The van der Waals surface area contributed by atoms with Crippen LogP contribution in [-0.2, 0) is 0 Å². The maximum Gasteiger partial charge on any atom is 0.323 e. The lowest BCUT2D eigenvalue weighted by Crippen LogP contribution is -2.36. The van der Waals surface area contributed by atoms with Gasteiger partial charge in [-0.05, 0) is 26.5 Å². The molecule has 0 fully saturated rings. The average Bonchev–Trinajstić information content (AvgIpc) is 2.43. The van der Waals surface area contributed by atoms with Crippen LogP contribution >= 0.6 is 11.8 Å². The Hall–Kier alpha value is -1.28. The Labute approximate surface area is 130 Å². The molecule has 0 aliphatic carbocycles. The van der Waals surface area contributed by atoms with Crippen molar-refractivity contribution in [3.05, 3.63) is 0 Å². The summed E-state index contributed by atoms with van der Waals surface area (Å²) in [5.74, 6) is 1.50. The van der Waals surface area contributed by atoms with E-state index in [1.165, 1.54) is 0 Å². The smallest absolute Gasteiger partial charge is 0.323 e. The molecule has 0 bridgehead atoms. The second-order valence-corrected chi connectivity index (χ2v) is 5.77. The van der Waals surface area contributed by atoms with Gasteiger partial charge < -0.3 is 20.5 Å². The Morgan fingerprint density at radius 2 is 1.86 bits per heavy atom. The van der Waals surface area contributed by atoms with Crippen molar-refractivity contribution in [2.75, 3.05) is 42.3 Å². The van der Waals surface area contributed by atoms with Crippen molar-refractivity contribution in [1.82, 2.24) is 15.0 Å². The minimum Gasteiger partial charge on any atom is -0.464 e. The van der Waals surface area contributed by atoms with Gasteiger partial charge in [-0.15, -0.1) is 0 Å². The highest BCUT2D eigenvalue weighted by Crippen LogP contribution is 2.14. The second kappa shape index (κ2) is 8.89. The van der Waals surface area contributed by atoms with Crippen LogP contribution in [-0.4, -0.2) is 57.4 Å². The van der Waals surface area contributed by atoms with Gasteiger partial charge in [-0.25, -0.2) is 0 Å². The maximum absolute atomic E-state index is 10.2. The zero-order chi connectivity index (χ0) is 15.7. The molecule has 7 nitrogen and oxygen atoms in total. The molecule has 0 amide bonds. The molecular weight excluding hydrogens is 290 g/mol. The molecule has 1 rings (SSSR count). The van der Waals surface area contributed by atoms with E-state index in [4.69, 9.17) is 4.74 Å². The third-order valence-electron chi connectivity index (χ3n) is 2.50. The molecule has 0 radical (unpaired) electrons. The molecule has 1 heterocycles. The third-order valence-corrected chi connectivity index (χ3v) is 3.41. The number of thioether (sulfide) groups is 1. The van der Waals surface area contributed by atoms with Crippen molar-refractivity contribution in [2.24, 2.45) is 0 Å². The van der Waals surface area contributed by atoms with Crippen LogP contribution in [0.2, 0.25) is 0 Å². The number of ether oxygens (including phenoxy) is 1.